The van der Waals surface area contributed by atoms with Crippen LogP contribution in [0.4, 0.5) is 8.78 Å². The zero-order valence-electron chi connectivity index (χ0n) is 16.8. The summed E-state index contributed by atoms with van der Waals surface area (Å²) in [5.74, 6) is -1.62. The predicted molar refractivity (Wildman–Crippen MR) is 112 cm³/mol. The van der Waals surface area contributed by atoms with Crippen LogP contribution in [0.15, 0.2) is 41.3 Å². The van der Waals surface area contributed by atoms with E-state index < -0.39 is 29.5 Å². The summed E-state index contributed by atoms with van der Waals surface area (Å²) in [5.41, 5.74) is 0.576. The topological polar surface area (TPSA) is 90.7 Å². The fourth-order valence-electron chi connectivity index (χ4n) is 4.62. The van der Waals surface area contributed by atoms with Gasteiger partial charge in [0.15, 0.2) is 11.6 Å². The number of halogens is 3. The summed E-state index contributed by atoms with van der Waals surface area (Å²) >= 11 is 6.09. The Labute approximate surface area is 186 Å². The highest BCUT2D eigenvalue weighted by Gasteiger charge is 2.42. The van der Waals surface area contributed by atoms with Gasteiger partial charge in [-0.1, -0.05) is 11.6 Å². The number of aromatic hydroxyl groups is 1. The molecule has 2 aromatic carbocycles. The molecule has 0 radical (unpaired) electrons. The van der Waals surface area contributed by atoms with Crippen LogP contribution in [0.25, 0.3) is 5.69 Å². The van der Waals surface area contributed by atoms with Gasteiger partial charge in [0.2, 0.25) is 5.88 Å². The molecule has 168 valence electrons. The van der Waals surface area contributed by atoms with Gasteiger partial charge in [-0.3, -0.25) is 4.90 Å². The van der Waals surface area contributed by atoms with Gasteiger partial charge in [0, 0.05) is 29.7 Å². The van der Waals surface area contributed by atoms with E-state index in [4.69, 9.17) is 16.3 Å². The Morgan fingerprint density at radius 2 is 2.00 bits per heavy atom. The Hall–Kier alpha value is -2.88. The molecule has 10 heteroatoms. The number of imidazole rings is 1. The van der Waals surface area contributed by atoms with Crippen LogP contribution in [-0.4, -0.2) is 49.9 Å². The summed E-state index contributed by atoms with van der Waals surface area (Å²) in [5, 5.41) is 20.1. The monoisotopic (exact) mass is 463 g/mol. The molecule has 32 heavy (non-hydrogen) atoms. The van der Waals surface area contributed by atoms with Crippen LogP contribution in [0.1, 0.15) is 23.7 Å². The number of likely N-dealkylation sites (tertiary alicyclic amines) is 1. The molecule has 1 aromatic heterocycles. The van der Waals surface area contributed by atoms with E-state index >= 15 is 0 Å². The molecule has 1 aliphatic heterocycles. The van der Waals surface area contributed by atoms with E-state index in [1.165, 1.54) is 18.2 Å². The molecule has 3 aromatic rings. The van der Waals surface area contributed by atoms with Crippen molar-refractivity contribution in [3.63, 3.8) is 0 Å². The molecule has 5 rings (SSSR count). The molecule has 0 saturated carbocycles. The number of aliphatic hydroxyl groups is 1. The van der Waals surface area contributed by atoms with Gasteiger partial charge >= 0.3 is 5.69 Å². The van der Waals surface area contributed by atoms with Crippen molar-refractivity contribution < 1.29 is 23.7 Å². The van der Waals surface area contributed by atoms with E-state index in [2.05, 4.69) is 4.98 Å². The minimum Gasteiger partial charge on any atom is -0.493 e. The number of hydrogen-bond acceptors (Lipinski definition) is 5. The molecule has 0 spiro atoms. The van der Waals surface area contributed by atoms with E-state index in [1.54, 1.807) is 6.07 Å². The lowest BCUT2D eigenvalue weighted by Crippen LogP contribution is -2.39. The Morgan fingerprint density at radius 1 is 1.19 bits per heavy atom. The van der Waals surface area contributed by atoms with Crippen molar-refractivity contribution in [1.82, 2.24) is 14.5 Å². The normalized spacial score (nSPS) is 22.9. The highest BCUT2D eigenvalue weighted by Crippen LogP contribution is 2.42. The molecule has 1 fully saturated rings. The third-order valence-corrected chi connectivity index (χ3v) is 6.33. The lowest BCUT2D eigenvalue weighted by Gasteiger charge is -2.30. The minimum absolute atomic E-state index is 0.155. The van der Waals surface area contributed by atoms with Crippen molar-refractivity contribution in [1.29, 1.82) is 0 Å². The molecular formula is C22H20ClF2N3O4. The average molecular weight is 464 g/mol. The fraction of sp³-hybridized carbons (Fsp3) is 0.318. The fourth-order valence-corrected chi connectivity index (χ4v) is 4.83. The van der Waals surface area contributed by atoms with Crippen LogP contribution in [0.3, 0.4) is 0 Å². The lowest BCUT2D eigenvalue weighted by atomic mass is 10.1. The van der Waals surface area contributed by atoms with Crippen LogP contribution in [0.2, 0.25) is 5.02 Å². The molecule has 0 bridgehead atoms. The Kier molecular flexibility index (Phi) is 5.19. The Morgan fingerprint density at radius 3 is 2.69 bits per heavy atom. The maximum atomic E-state index is 14.7. The SMILES string of the molecule is O=c1[nH]cc(O)n1-c1ccc(F)c(O[C@H]2c3cc(Cl)cc(F)c3C[C@@H]2N2CC[C@@H](O)C2)c1. The molecule has 3 N–H and O–H groups in total. The van der Waals surface area contributed by atoms with Gasteiger partial charge in [-0.25, -0.2) is 18.1 Å². The summed E-state index contributed by atoms with van der Waals surface area (Å²) < 4.78 is 36.5. The van der Waals surface area contributed by atoms with Gasteiger partial charge in [-0.05, 0) is 42.7 Å². The first-order chi connectivity index (χ1) is 15.3. The Balaban J connectivity index is 1.55. The van der Waals surface area contributed by atoms with Crippen LogP contribution in [-0.2, 0) is 6.42 Å². The van der Waals surface area contributed by atoms with Crippen LogP contribution >= 0.6 is 11.6 Å². The first-order valence-corrected chi connectivity index (χ1v) is 10.6. The maximum absolute atomic E-state index is 14.7. The number of H-pyrrole nitrogens is 1. The number of aromatic amines is 1. The maximum Gasteiger partial charge on any atom is 0.333 e. The largest absolute Gasteiger partial charge is 0.493 e. The standard InChI is InChI=1S/C22H20ClF2N3O4/c23-11-5-15-14(17(25)6-11)8-18(27-4-3-13(29)10-27)21(15)32-19-7-12(1-2-16(19)24)28-20(30)9-26-22(28)31/h1-2,5-7,9,13,18,21,29-30H,3-4,8,10H2,(H,26,31)/t13-,18+,21+/m1/s1. The van der Waals surface area contributed by atoms with Crippen LogP contribution < -0.4 is 10.4 Å². The zero-order valence-corrected chi connectivity index (χ0v) is 17.5. The molecule has 0 amide bonds. The number of nitrogens with one attached hydrogen (secondary N) is 1. The number of aromatic nitrogens is 2. The number of benzene rings is 2. The van der Waals surface area contributed by atoms with E-state index in [1.807, 2.05) is 4.90 Å². The predicted octanol–water partition coefficient (Wildman–Crippen LogP) is 2.91. The van der Waals surface area contributed by atoms with E-state index in [-0.39, 0.29) is 28.4 Å². The molecule has 3 atom stereocenters. The highest BCUT2D eigenvalue weighted by molar-refractivity contribution is 6.30. The Bertz CT molecular complexity index is 1240. The van der Waals surface area contributed by atoms with Crippen molar-refractivity contribution >= 4 is 11.6 Å². The third kappa shape index (κ3) is 3.56. The van der Waals surface area contributed by atoms with Crippen molar-refractivity contribution in [2.75, 3.05) is 13.1 Å². The smallest absolute Gasteiger partial charge is 0.333 e. The van der Waals surface area contributed by atoms with Gasteiger partial charge in [-0.15, -0.1) is 0 Å². The zero-order chi connectivity index (χ0) is 22.6. The lowest BCUT2D eigenvalue weighted by molar-refractivity contribution is 0.0790. The summed E-state index contributed by atoms with van der Waals surface area (Å²) in [6, 6.07) is 6.29. The number of fused-ring (bicyclic) bond motifs is 1. The second-order valence-electron chi connectivity index (χ2n) is 8.10. The number of hydrogen-bond donors (Lipinski definition) is 3. The third-order valence-electron chi connectivity index (χ3n) is 6.11. The number of β-amino-alcohol motifs (C(OH)–C–C–N with tert-alkyl or cyclic N) is 1. The molecule has 2 heterocycles. The van der Waals surface area contributed by atoms with Gasteiger partial charge in [0.1, 0.15) is 11.9 Å². The number of nitrogens with zero attached hydrogens (tertiary/aromatic N) is 2. The van der Waals surface area contributed by atoms with Gasteiger partial charge < -0.3 is 19.9 Å². The minimum atomic E-state index is -0.746. The summed E-state index contributed by atoms with van der Waals surface area (Å²) in [4.78, 5) is 16.4. The van der Waals surface area contributed by atoms with Gasteiger partial charge in [0.05, 0.1) is 24.0 Å². The van der Waals surface area contributed by atoms with E-state index in [9.17, 15) is 23.8 Å². The summed E-state index contributed by atoms with van der Waals surface area (Å²) in [6.07, 6.45) is 0.803. The first-order valence-electron chi connectivity index (χ1n) is 10.2. The average Bonchev–Trinajstić information content (AvgIpc) is 3.42. The number of rotatable bonds is 4. The van der Waals surface area contributed by atoms with E-state index in [0.717, 1.165) is 16.8 Å². The van der Waals surface area contributed by atoms with Gasteiger partial charge in [0.25, 0.3) is 0 Å². The molecule has 1 aliphatic carbocycles. The van der Waals surface area contributed by atoms with Crippen molar-refractivity contribution in [3.8, 4) is 17.3 Å². The second kappa shape index (κ2) is 7.91. The van der Waals surface area contributed by atoms with Crippen molar-refractivity contribution in [2.24, 2.45) is 0 Å². The number of aliphatic hydroxyl groups excluding tert-OH is 1. The second-order valence-corrected chi connectivity index (χ2v) is 8.54. The van der Waals surface area contributed by atoms with E-state index in [0.29, 0.717) is 37.1 Å². The molecule has 0 unspecified atom stereocenters. The van der Waals surface area contributed by atoms with Crippen LogP contribution in [0, 0.1) is 11.6 Å². The molecular weight excluding hydrogens is 444 g/mol. The molecule has 2 aliphatic rings. The number of ether oxygens (including phenoxy) is 1. The van der Waals surface area contributed by atoms with Crippen molar-refractivity contribution in [2.45, 2.75) is 31.1 Å². The quantitative estimate of drug-likeness (QED) is 0.553. The summed E-state index contributed by atoms with van der Waals surface area (Å²) in [6.45, 7) is 1.01. The highest BCUT2D eigenvalue weighted by atomic mass is 35.5. The summed E-state index contributed by atoms with van der Waals surface area (Å²) in [7, 11) is 0. The van der Waals surface area contributed by atoms with Gasteiger partial charge in [-0.2, -0.15) is 0 Å². The first kappa shape index (κ1) is 21.0. The molecule has 1 saturated heterocycles. The van der Waals surface area contributed by atoms with Crippen molar-refractivity contribution in [3.05, 3.63) is 74.8 Å². The van der Waals surface area contributed by atoms with Crippen LogP contribution in [0.5, 0.6) is 11.6 Å². The molecule has 7 nitrogen and oxygen atoms in total.